The Kier molecular flexibility index (Phi) is 5.65. The van der Waals surface area contributed by atoms with E-state index in [1.807, 2.05) is 0 Å². The van der Waals surface area contributed by atoms with E-state index in [1.54, 1.807) is 53.7 Å². The van der Waals surface area contributed by atoms with Crippen LogP contribution in [0.2, 0.25) is 0 Å². The predicted octanol–water partition coefficient (Wildman–Crippen LogP) is 1.61. The summed E-state index contributed by atoms with van der Waals surface area (Å²) >= 11 is 0. The summed E-state index contributed by atoms with van der Waals surface area (Å²) in [5.41, 5.74) is 6.76. The van der Waals surface area contributed by atoms with Crippen LogP contribution in [0.5, 0.6) is 0 Å². The van der Waals surface area contributed by atoms with Crippen LogP contribution < -0.4 is 16.4 Å². The average Bonchev–Trinajstić information content (AvgIpc) is 2.69. The molecule has 27 heavy (non-hydrogen) atoms. The first-order valence-corrected chi connectivity index (χ1v) is 8.69. The summed E-state index contributed by atoms with van der Waals surface area (Å²) in [7, 11) is 0. The summed E-state index contributed by atoms with van der Waals surface area (Å²) in [5.74, 6) is -0.640. The van der Waals surface area contributed by atoms with E-state index < -0.39 is 5.91 Å². The molecule has 0 aliphatic carbocycles. The molecule has 3 rings (SSSR count). The molecule has 140 valence electrons. The maximum Gasteiger partial charge on any atom is 0.321 e. The lowest BCUT2D eigenvalue weighted by Crippen LogP contribution is -2.47. The Morgan fingerprint density at radius 3 is 2.19 bits per heavy atom. The minimum atomic E-state index is -0.510. The van der Waals surface area contributed by atoms with Gasteiger partial charge in [-0.15, -0.1) is 0 Å². The van der Waals surface area contributed by atoms with E-state index in [2.05, 4.69) is 15.6 Å². The Balaban J connectivity index is 1.47. The van der Waals surface area contributed by atoms with Crippen LogP contribution in [0.1, 0.15) is 33.6 Å². The Bertz CT molecular complexity index is 815. The molecule has 0 bridgehead atoms. The van der Waals surface area contributed by atoms with Gasteiger partial charge in [0, 0.05) is 48.3 Å². The number of nitrogens with two attached hydrogens (primary N) is 1. The zero-order valence-electron chi connectivity index (χ0n) is 14.7. The number of amides is 4. The minimum absolute atomic E-state index is 0.0320. The molecule has 2 aromatic rings. The second-order valence-corrected chi connectivity index (χ2v) is 6.34. The number of piperidine rings is 1. The number of aromatic nitrogens is 1. The van der Waals surface area contributed by atoms with E-state index in [4.69, 9.17) is 5.73 Å². The maximum absolute atomic E-state index is 12.4. The second kappa shape index (κ2) is 8.31. The van der Waals surface area contributed by atoms with E-state index in [0.29, 0.717) is 42.7 Å². The lowest BCUT2D eigenvalue weighted by molar-refractivity contribution is 0.0918. The van der Waals surface area contributed by atoms with Gasteiger partial charge in [-0.2, -0.15) is 0 Å². The predicted molar refractivity (Wildman–Crippen MR) is 100 cm³/mol. The second-order valence-electron chi connectivity index (χ2n) is 6.34. The molecule has 0 atom stereocenters. The first-order chi connectivity index (χ1) is 13.0. The van der Waals surface area contributed by atoms with Gasteiger partial charge in [0.25, 0.3) is 5.91 Å². The van der Waals surface area contributed by atoms with Crippen LogP contribution in [0, 0.1) is 0 Å². The molecule has 2 heterocycles. The molecule has 8 nitrogen and oxygen atoms in total. The number of carbonyl (C=O) groups is 3. The summed E-state index contributed by atoms with van der Waals surface area (Å²) in [5, 5.41) is 5.79. The fraction of sp³-hybridized carbons (Fsp3) is 0.263. The number of rotatable bonds is 4. The number of nitrogens with one attached hydrogen (secondary N) is 2. The number of hydrogen-bond donors (Lipinski definition) is 3. The largest absolute Gasteiger partial charge is 0.366 e. The van der Waals surface area contributed by atoms with Gasteiger partial charge in [0.15, 0.2) is 0 Å². The van der Waals surface area contributed by atoms with Crippen LogP contribution in [-0.2, 0) is 0 Å². The standard InChI is InChI=1S/C19H21N5O3/c20-17(25)13-1-3-15(4-2-13)23-19(27)24-11-7-16(8-12-24)22-18(26)14-5-9-21-10-6-14/h1-6,9-10,16H,7-8,11-12H2,(H2,20,25)(H,22,26)(H,23,27). The lowest BCUT2D eigenvalue weighted by Gasteiger charge is -2.32. The molecule has 1 fully saturated rings. The van der Waals surface area contributed by atoms with Crippen molar-refractivity contribution in [3.8, 4) is 0 Å². The minimum Gasteiger partial charge on any atom is -0.366 e. The number of benzene rings is 1. The van der Waals surface area contributed by atoms with Gasteiger partial charge in [0.1, 0.15) is 0 Å². The Hall–Kier alpha value is -3.42. The summed E-state index contributed by atoms with van der Waals surface area (Å²) < 4.78 is 0. The fourth-order valence-corrected chi connectivity index (χ4v) is 2.92. The highest BCUT2D eigenvalue weighted by atomic mass is 16.2. The number of pyridine rings is 1. The molecule has 1 aliphatic heterocycles. The Morgan fingerprint density at radius 2 is 1.59 bits per heavy atom. The summed E-state index contributed by atoms with van der Waals surface area (Å²) in [6.07, 6.45) is 4.53. The van der Waals surface area contributed by atoms with Crippen LogP contribution in [-0.4, -0.2) is 46.9 Å². The maximum atomic E-state index is 12.4. The van der Waals surface area contributed by atoms with Crippen molar-refractivity contribution in [2.45, 2.75) is 18.9 Å². The molecular formula is C19H21N5O3. The smallest absolute Gasteiger partial charge is 0.321 e. The highest BCUT2D eigenvalue weighted by molar-refractivity contribution is 5.95. The van der Waals surface area contributed by atoms with Crippen LogP contribution in [0.25, 0.3) is 0 Å². The van der Waals surface area contributed by atoms with E-state index in [-0.39, 0.29) is 18.0 Å². The van der Waals surface area contributed by atoms with Crippen LogP contribution >= 0.6 is 0 Å². The molecule has 0 radical (unpaired) electrons. The molecule has 1 saturated heterocycles. The van der Waals surface area contributed by atoms with Crippen LogP contribution in [0.4, 0.5) is 10.5 Å². The third-order valence-electron chi connectivity index (χ3n) is 4.48. The number of urea groups is 1. The number of nitrogens with zero attached hydrogens (tertiary/aromatic N) is 2. The molecule has 0 unspecified atom stereocenters. The molecule has 4 amide bonds. The molecule has 1 aromatic heterocycles. The highest BCUT2D eigenvalue weighted by Crippen LogP contribution is 2.15. The number of hydrogen-bond acceptors (Lipinski definition) is 4. The van der Waals surface area contributed by atoms with Gasteiger partial charge in [0.2, 0.25) is 5.91 Å². The molecule has 4 N–H and O–H groups in total. The quantitative estimate of drug-likeness (QED) is 0.761. The van der Waals surface area contributed by atoms with Gasteiger partial charge < -0.3 is 21.3 Å². The number of primary amides is 1. The van der Waals surface area contributed by atoms with Crippen LogP contribution in [0.3, 0.4) is 0 Å². The number of likely N-dealkylation sites (tertiary alicyclic amines) is 1. The lowest BCUT2D eigenvalue weighted by atomic mass is 10.0. The van der Waals surface area contributed by atoms with Gasteiger partial charge in [-0.1, -0.05) is 0 Å². The number of carbonyl (C=O) groups excluding carboxylic acids is 3. The van der Waals surface area contributed by atoms with Crippen molar-refractivity contribution in [3.63, 3.8) is 0 Å². The van der Waals surface area contributed by atoms with Crippen molar-refractivity contribution in [2.24, 2.45) is 5.73 Å². The van der Waals surface area contributed by atoms with Crippen molar-refractivity contribution < 1.29 is 14.4 Å². The Morgan fingerprint density at radius 1 is 0.963 bits per heavy atom. The summed E-state index contributed by atoms with van der Waals surface area (Å²) in [6, 6.07) is 9.57. The van der Waals surface area contributed by atoms with Gasteiger partial charge in [-0.05, 0) is 49.2 Å². The summed E-state index contributed by atoms with van der Waals surface area (Å²) in [4.78, 5) is 41.2. The van der Waals surface area contributed by atoms with Crippen molar-refractivity contribution in [1.29, 1.82) is 0 Å². The van der Waals surface area contributed by atoms with E-state index in [0.717, 1.165) is 0 Å². The van der Waals surface area contributed by atoms with Crippen molar-refractivity contribution in [2.75, 3.05) is 18.4 Å². The van der Waals surface area contributed by atoms with Gasteiger partial charge in [-0.3, -0.25) is 14.6 Å². The topological polar surface area (TPSA) is 117 Å². The first-order valence-electron chi connectivity index (χ1n) is 8.69. The van der Waals surface area contributed by atoms with Crippen molar-refractivity contribution >= 4 is 23.5 Å². The zero-order chi connectivity index (χ0) is 19.2. The normalized spacial score (nSPS) is 14.4. The third-order valence-corrected chi connectivity index (χ3v) is 4.48. The average molecular weight is 367 g/mol. The fourth-order valence-electron chi connectivity index (χ4n) is 2.92. The van der Waals surface area contributed by atoms with Crippen molar-refractivity contribution in [3.05, 3.63) is 59.9 Å². The molecule has 1 aliphatic rings. The summed E-state index contributed by atoms with van der Waals surface area (Å²) in [6.45, 7) is 1.10. The van der Waals surface area contributed by atoms with Gasteiger partial charge in [-0.25, -0.2) is 4.79 Å². The number of anilines is 1. The van der Waals surface area contributed by atoms with Gasteiger partial charge >= 0.3 is 6.03 Å². The molecule has 8 heteroatoms. The SMILES string of the molecule is NC(=O)c1ccc(NC(=O)N2CCC(NC(=O)c3ccncc3)CC2)cc1. The monoisotopic (exact) mass is 367 g/mol. The molecule has 0 saturated carbocycles. The highest BCUT2D eigenvalue weighted by Gasteiger charge is 2.24. The van der Waals surface area contributed by atoms with Crippen molar-refractivity contribution in [1.82, 2.24) is 15.2 Å². The first kappa shape index (κ1) is 18.4. The van der Waals surface area contributed by atoms with E-state index in [1.165, 1.54) is 0 Å². The van der Waals surface area contributed by atoms with E-state index in [9.17, 15) is 14.4 Å². The van der Waals surface area contributed by atoms with Gasteiger partial charge in [0.05, 0.1) is 0 Å². The van der Waals surface area contributed by atoms with Crippen LogP contribution in [0.15, 0.2) is 48.8 Å². The Labute approximate surface area is 156 Å². The third kappa shape index (κ3) is 4.81. The zero-order valence-corrected chi connectivity index (χ0v) is 14.7. The van der Waals surface area contributed by atoms with E-state index >= 15 is 0 Å². The molecule has 1 aromatic carbocycles. The molecule has 0 spiro atoms. The molecular weight excluding hydrogens is 346 g/mol.